The van der Waals surface area contributed by atoms with Crippen LogP contribution >= 0.6 is 11.3 Å². The lowest BCUT2D eigenvalue weighted by Gasteiger charge is -2.28. The molecule has 3 aromatic rings. The molecular weight excluding hydrogens is 342 g/mol. The number of fused-ring (bicyclic) bond motifs is 1. The van der Waals surface area contributed by atoms with Crippen molar-refractivity contribution >= 4 is 27.5 Å². The van der Waals surface area contributed by atoms with E-state index in [0.29, 0.717) is 13.0 Å². The maximum Gasteiger partial charge on any atom is 0.230 e. The fraction of sp³-hybridized carbons (Fsp3) is 0.333. The highest BCUT2D eigenvalue weighted by molar-refractivity contribution is 7.18. The molecule has 1 heterocycles. The minimum Gasteiger partial charge on any atom is -0.354 e. The highest BCUT2D eigenvalue weighted by atomic mass is 32.1. The van der Waals surface area contributed by atoms with Gasteiger partial charge in [-0.05, 0) is 31.2 Å². The normalized spacial score (nSPS) is 13.5. The Balaban J connectivity index is 1.86. The monoisotopic (exact) mass is 367 g/mol. The van der Waals surface area contributed by atoms with Crippen LogP contribution < -0.4 is 10.6 Å². The molecule has 1 amide bonds. The number of amides is 1. The molecule has 3 rings (SSSR count). The number of nitrogens with one attached hydrogen (secondary N) is 2. The number of carbonyl (C=O) groups excluding carboxylic acids is 1. The molecule has 1 unspecified atom stereocenters. The first-order chi connectivity index (χ1) is 12.6. The van der Waals surface area contributed by atoms with Gasteiger partial charge in [0.25, 0.3) is 0 Å². The van der Waals surface area contributed by atoms with E-state index in [4.69, 9.17) is 4.98 Å². The summed E-state index contributed by atoms with van der Waals surface area (Å²) in [7, 11) is 0. The number of carbonyl (C=O) groups is 1. The van der Waals surface area contributed by atoms with Crippen LogP contribution in [0.15, 0.2) is 54.6 Å². The third kappa shape index (κ3) is 4.11. The first-order valence-electron chi connectivity index (χ1n) is 9.02. The summed E-state index contributed by atoms with van der Waals surface area (Å²) >= 11 is 1.66. The smallest absolute Gasteiger partial charge is 0.230 e. The van der Waals surface area contributed by atoms with Gasteiger partial charge in [-0.1, -0.05) is 49.4 Å². The van der Waals surface area contributed by atoms with Gasteiger partial charge < -0.3 is 10.6 Å². The lowest BCUT2D eigenvalue weighted by Crippen LogP contribution is -2.45. The Morgan fingerprint density at radius 1 is 1.08 bits per heavy atom. The second-order valence-electron chi connectivity index (χ2n) is 6.56. The van der Waals surface area contributed by atoms with Crippen LogP contribution in [0.4, 0.5) is 0 Å². The Bertz CT molecular complexity index is 829. The van der Waals surface area contributed by atoms with Crippen LogP contribution in [0.2, 0.25) is 0 Å². The second kappa shape index (κ2) is 8.43. The van der Waals surface area contributed by atoms with Crippen molar-refractivity contribution in [2.24, 2.45) is 0 Å². The van der Waals surface area contributed by atoms with Gasteiger partial charge in [-0.2, -0.15) is 0 Å². The molecule has 0 radical (unpaired) electrons. The maximum absolute atomic E-state index is 13.1. The van der Waals surface area contributed by atoms with E-state index in [-0.39, 0.29) is 5.91 Å². The average Bonchev–Trinajstić information content (AvgIpc) is 3.07. The van der Waals surface area contributed by atoms with Crippen molar-refractivity contribution in [1.82, 2.24) is 15.6 Å². The van der Waals surface area contributed by atoms with E-state index in [1.807, 2.05) is 55.5 Å². The van der Waals surface area contributed by atoms with E-state index < -0.39 is 5.41 Å². The van der Waals surface area contributed by atoms with Crippen LogP contribution in [0.5, 0.6) is 0 Å². The third-order valence-electron chi connectivity index (χ3n) is 4.59. The molecule has 2 aromatic carbocycles. The Morgan fingerprint density at radius 3 is 2.54 bits per heavy atom. The second-order valence-corrected chi connectivity index (χ2v) is 7.67. The van der Waals surface area contributed by atoms with E-state index in [1.54, 1.807) is 11.3 Å². The summed E-state index contributed by atoms with van der Waals surface area (Å²) in [5.41, 5.74) is 1.36. The van der Waals surface area contributed by atoms with Crippen molar-refractivity contribution in [2.45, 2.75) is 25.7 Å². The molecule has 0 aliphatic heterocycles. The highest BCUT2D eigenvalue weighted by Crippen LogP contribution is 2.32. The quantitative estimate of drug-likeness (QED) is 0.599. The van der Waals surface area contributed by atoms with Gasteiger partial charge in [0.1, 0.15) is 0 Å². The minimum absolute atomic E-state index is 0.0425. The number of benzene rings is 2. The van der Waals surface area contributed by atoms with Gasteiger partial charge in [0.15, 0.2) is 0 Å². The molecule has 0 fully saturated rings. The van der Waals surface area contributed by atoms with Crippen LogP contribution in [0.1, 0.15) is 24.4 Å². The molecule has 4 nitrogen and oxygen atoms in total. The third-order valence-corrected chi connectivity index (χ3v) is 5.63. The molecule has 136 valence electrons. The summed E-state index contributed by atoms with van der Waals surface area (Å²) < 4.78 is 1.16. The van der Waals surface area contributed by atoms with Crippen molar-refractivity contribution in [2.75, 3.05) is 19.6 Å². The Morgan fingerprint density at radius 2 is 1.81 bits per heavy atom. The topological polar surface area (TPSA) is 54.0 Å². The summed E-state index contributed by atoms with van der Waals surface area (Å²) in [6.45, 7) is 6.36. The summed E-state index contributed by atoms with van der Waals surface area (Å²) in [6, 6.07) is 18.1. The van der Waals surface area contributed by atoms with Crippen LogP contribution in [0.25, 0.3) is 10.2 Å². The predicted molar refractivity (Wildman–Crippen MR) is 109 cm³/mol. The van der Waals surface area contributed by atoms with Gasteiger partial charge >= 0.3 is 0 Å². The van der Waals surface area contributed by atoms with Gasteiger partial charge in [-0.15, -0.1) is 11.3 Å². The molecule has 1 aromatic heterocycles. The largest absolute Gasteiger partial charge is 0.354 e. The fourth-order valence-corrected chi connectivity index (χ4v) is 4.18. The molecule has 0 saturated carbocycles. The number of hydrogen-bond acceptors (Lipinski definition) is 4. The Kier molecular flexibility index (Phi) is 6.01. The molecule has 0 aliphatic carbocycles. The zero-order valence-corrected chi connectivity index (χ0v) is 16.1. The summed E-state index contributed by atoms with van der Waals surface area (Å²) in [5.74, 6) is 0.0425. The van der Waals surface area contributed by atoms with Gasteiger partial charge in [0, 0.05) is 19.5 Å². The van der Waals surface area contributed by atoms with Gasteiger partial charge in [0.05, 0.1) is 20.6 Å². The molecule has 0 bridgehead atoms. The average molecular weight is 368 g/mol. The van der Waals surface area contributed by atoms with Gasteiger partial charge in [-0.3, -0.25) is 4.79 Å². The van der Waals surface area contributed by atoms with Crippen molar-refractivity contribution in [3.63, 3.8) is 0 Å². The van der Waals surface area contributed by atoms with E-state index in [2.05, 4.69) is 23.6 Å². The number of hydrogen-bond donors (Lipinski definition) is 2. The van der Waals surface area contributed by atoms with Crippen molar-refractivity contribution in [3.8, 4) is 0 Å². The first-order valence-corrected chi connectivity index (χ1v) is 9.84. The number of rotatable bonds is 8. The van der Waals surface area contributed by atoms with Gasteiger partial charge in [-0.25, -0.2) is 4.98 Å². The molecule has 26 heavy (non-hydrogen) atoms. The van der Waals surface area contributed by atoms with Crippen LogP contribution in [-0.2, 0) is 16.6 Å². The van der Waals surface area contributed by atoms with E-state index >= 15 is 0 Å². The molecular formula is C21H25N3OS. The molecule has 0 spiro atoms. The number of para-hydroxylation sites is 1. The van der Waals surface area contributed by atoms with Crippen LogP contribution in [0, 0.1) is 0 Å². The molecule has 1 atom stereocenters. The van der Waals surface area contributed by atoms with Crippen LogP contribution in [-0.4, -0.2) is 30.5 Å². The zero-order chi connectivity index (χ0) is 18.4. The Hall–Kier alpha value is -2.24. The standard InChI is InChI=1S/C21H25N3OS/c1-3-22-13-14-23-20(25)21(2,16-9-5-4-6-10-16)15-19-24-17-11-7-8-12-18(17)26-19/h4-12,22H,3,13-15H2,1-2H3,(H,23,25). The Labute approximate surface area is 158 Å². The SMILES string of the molecule is CCNCCNC(=O)C(C)(Cc1nc2ccccc2s1)c1ccccc1. The molecule has 0 saturated heterocycles. The van der Waals surface area contributed by atoms with Gasteiger partial charge in [0.2, 0.25) is 5.91 Å². The fourth-order valence-electron chi connectivity index (χ4n) is 3.05. The van der Waals surface area contributed by atoms with E-state index in [0.717, 1.165) is 33.9 Å². The molecule has 5 heteroatoms. The van der Waals surface area contributed by atoms with Crippen molar-refractivity contribution < 1.29 is 4.79 Å². The highest BCUT2D eigenvalue weighted by Gasteiger charge is 2.36. The van der Waals surface area contributed by atoms with Crippen molar-refractivity contribution in [1.29, 1.82) is 0 Å². The molecule has 0 aliphatic rings. The lowest BCUT2D eigenvalue weighted by molar-refractivity contribution is -0.126. The number of nitrogens with zero attached hydrogens (tertiary/aromatic N) is 1. The number of aromatic nitrogens is 1. The number of thiazole rings is 1. The zero-order valence-electron chi connectivity index (χ0n) is 15.3. The molecule has 2 N–H and O–H groups in total. The van der Waals surface area contributed by atoms with Crippen molar-refractivity contribution in [3.05, 3.63) is 65.2 Å². The van der Waals surface area contributed by atoms with E-state index in [1.165, 1.54) is 0 Å². The van der Waals surface area contributed by atoms with E-state index in [9.17, 15) is 4.79 Å². The summed E-state index contributed by atoms with van der Waals surface area (Å²) in [4.78, 5) is 17.8. The first kappa shape index (κ1) is 18.5. The summed E-state index contributed by atoms with van der Waals surface area (Å²) in [5, 5.41) is 7.31. The predicted octanol–water partition coefficient (Wildman–Crippen LogP) is 3.52. The number of likely N-dealkylation sites (N-methyl/N-ethyl adjacent to an activating group) is 1. The summed E-state index contributed by atoms with van der Waals surface area (Å²) in [6.07, 6.45) is 0.587. The minimum atomic E-state index is -0.651. The lowest BCUT2D eigenvalue weighted by atomic mass is 9.78. The van der Waals surface area contributed by atoms with Crippen LogP contribution in [0.3, 0.4) is 0 Å². The maximum atomic E-state index is 13.1.